The first-order valence-electron chi connectivity index (χ1n) is 6.88. The SMILES string of the molecule is COc1cccc(CN(CC(C)C)CC(C)(C)O)c1. The largest absolute Gasteiger partial charge is 0.497 e. The Bertz CT molecular complexity index is 383. The molecule has 0 atom stereocenters. The van der Waals surface area contributed by atoms with Crippen LogP contribution >= 0.6 is 0 Å². The molecule has 0 aliphatic rings. The number of hydrogen-bond acceptors (Lipinski definition) is 3. The zero-order chi connectivity index (χ0) is 14.5. The van der Waals surface area contributed by atoms with E-state index in [0.717, 1.165) is 18.8 Å². The average Bonchev–Trinajstić information content (AvgIpc) is 2.26. The molecule has 1 aromatic carbocycles. The second-order valence-corrected chi connectivity index (χ2v) is 6.23. The van der Waals surface area contributed by atoms with Crippen molar-refractivity contribution in [3.63, 3.8) is 0 Å². The Hall–Kier alpha value is -1.06. The Morgan fingerprint density at radius 1 is 1.32 bits per heavy atom. The van der Waals surface area contributed by atoms with Gasteiger partial charge in [0.25, 0.3) is 0 Å². The molecule has 19 heavy (non-hydrogen) atoms. The van der Waals surface area contributed by atoms with Crippen molar-refractivity contribution in [2.75, 3.05) is 20.2 Å². The van der Waals surface area contributed by atoms with Crippen LogP contribution in [0.3, 0.4) is 0 Å². The van der Waals surface area contributed by atoms with E-state index < -0.39 is 5.60 Å². The summed E-state index contributed by atoms with van der Waals surface area (Å²) in [5, 5.41) is 10.0. The minimum Gasteiger partial charge on any atom is -0.497 e. The molecule has 3 heteroatoms. The molecule has 0 spiro atoms. The average molecular weight is 265 g/mol. The fourth-order valence-electron chi connectivity index (χ4n) is 2.28. The number of rotatable bonds is 7. The van der Waals surface area contributed by atoms with E-state index in [4.69, 9.17) is 4.74 Å². The van der Waals surface area contributed by atoms with Gasteiger partial charge >= 0.3 is 0 Å². The smallest absolute Gasteiger partial charge is 0.119 e. The van der Waals surface area contributed by atoms with Crippen molar-refractivity contribution in [3.8, 4) is 5.75 Å². The van der Waals surface area contributed by atoms with E-state index in [1.165, 1.54) is 5.56 Å². The normalized spacial score (nSPS) is 12.2. The zero-order valence-corrected chi connectivity index (χ0v) is 12.8. The highest BCUT2D eigenvalue weighted by Crippen LogP contribution is 2.16. The van der Waals surface area contributed by atoms with E-state index >= 15 is 0 Å². The van der Waals surface area contributed by atoms with Gasteiger partial charge in [0, 0.05) is 19.6 Å². The summed E-state index contributed by atoms with van der Waals surface area (Å²) in [7, 11) is 1.68. The van der Waals surface area contributed by atoms with Crippen molar-refractivity contribution in [2.24, 2.45) is 5.92 Å². The van der Waals surface area contributed by atoms with Crippen LogP contribution in [0.1, 0.15) is 33.3 Å². The van der Waals surface area contributed by atoms with E-state index in [9.17, 15) is 5.11 Å². The molecular formula is C16H27NO2. The lowest BCUT2D eigenvalue weighted by Gasteiger charge is -2.30. The summed E-state index contributed by atoms with van der Waals surface area (Å²) in [4.78, 5) is 2.29. The van der Waals surface area contributed by atoms with Crippen molar-refractivity contribution < 1.29 is 9.84 Å². The second-order valence-electron chi connectivity index (χ2n) is 6.23. The Kier molecular flexibility index (Phi) is 5.83. The van der Waals surface area contributed by atoms with E-state index in [1.54, 1.807) is 7.11 Å². The Morgan fingerprint density at radius 2 is 2.00 bits per heavy atom. The number of methoxy groups -OCH3 is 1. The lowest BCUT2D eigenvalue weighted by molar-refractivity contribution is 0.0297. The van der Waals surface area contributed by atoms with Crippen LogP contribution in [0.4, 0.5) is 0 Å². The number of benzene rings is 1. The van der Waals surface area contributed by atoms with Crippen molar-refractivity contribution in [3.05, 3.63) is 29.8 Å². The summed E-state index contributed by atoms with van der Waals surface area (Å²) >= 11 is 0. The van der Waals surface area contributed by atoms with Crippen LogP contribution in [-0.4, -0.2) is 35.8 Å². The fourth-order valence-corrected chi connectivity index (χ4v) is 2.28. The summed E-state index contributed by atoms with van der Waals surface area (Å²) in [6.07, 6.45) is 0. The maximum absolute atomic E-state index is 10.0. The fraction of sp³-hybridized carbons (Fsp3) is 0.625. The highest BCUT2D eigenvalue weighted by atomic mass is 16.5. The van der Waals surface area contributed by atoms with Gasteiger partial charge in [-0.1, -0.05) is 26.0 Å². The first kappa shape index (κ1) is 16.0. The monoisotopic (exact) mass is 265 g/mol. The topological polar surface area (TPSA) is 32.7 Å². The van der Waals surface area contributed by atoms with Crippen LogP contribution in [0.2, 0.25) is 0 Å². The molecule has 0 amide bonds. The molecule has 0 radical (unpaired) electrons. The standard InChI is InChI=1S/C16H27NO2/c1-13(2)10-17(12-16(3,4)18)11-14-7-6-8-15(9-14)19-5/h6-9,13,18H,10-12H2,1-5H3. The first-order chi connectivity index (χ1) is 8.80. The molecule has 0 aromatic heterocycles. The van der Waals surface area contributed by atoms with Gasteiger partial charge < -0.3 is 9.84 Å². The van der Waals surface area contributed by atoms with Gasteiger partial charge in [0.2, 0.25) is 0 Å². The van der Waals surface area contributed by atoms with Crippen LogP contribution in [0.15, 0.2) is 24.3 Å². The number of nitrogens with zero attached hydrogens (tertiary/aromatic N) is 1. The van der Waals surface area contributed by atoms with Crippen molar-refractivity contribution >= 4 is 0 Å². The molecule has 0 heterocycles. The zero-order valence-electron chi connectivity index (χ0n) is 12.8. The maximum Gasteiger partial charge on any atom is 0.119 e. The lowest BCUT2D eigenvalue weighted by Crippen LogP contribution is -2.40. The third-order valence-electron chi connectivity index (χ3n) is 2.77. The quantitative estimate of drug-likeness (QED) is 0.823. The van der Waals surface area contributed by atoms with Gasteiger partial charge in [-0.2, -0.15) is 0 Å². The minimum atomic E-state index is -0.673. The lowest BCUT2D eigenvalue weighted by atomic mass is 10.1. The van der Waals surface area contributed by atoms with Crippen molar-refractivity contribution in [2.45, 2.75) is 39.8 Å². The van der Waals surface area contributed by atoms with Crippen LogP contribution in [0, 0.1) is 5.92 Å². The molecule has 1 aromatic rings. The summed E-state index contributed by atoms with van der Waals surface area (Å²) in [6.45, 7) is 10.6. The molecular weight excluding hydrogens is 238 g/mol. The maximum atomic E-state index is 10.0. The summed E-state index contributed by atoms with van der Waals surface area (Å²) < 4.78 is 5.25. The predicted molar refractivity (Wildman–Crippen MR) is 79.4 cm³/mol. The highest BCUT2D eigenvalue weighted by molar-refractivity contribution is 5.28. The van der Waals surface area contributed by atoms with Gasteiger partial charge in [-0.15, -0.1) is 0 Å². The van der Waals surface area contributed by atoms with Crippen LogP contribution in [0.25, 0.3) is 0 Å². The van der Waals surface area contributed by atoms with Gasteiger partial charge in [0.15, 0.2) is 0 Å². The molecule has 1 rings (SSSR count). The van der Waals surface area contributed by atoms with E-state index in [1.807, 2.05) is 26.0 Å². The Labute approximate surface area is 117 Å². The third kappa shape index (κ3) is 6.60. The van der Waals surface area contributed by atoms with Crippen LogP contribution in [0.5, 0.6) is 5.75 Å². The first-order valence-corrected chi connectivity index (χ1v) is 6.88. The Balaban J connectivity index is 2.75. The number of aliphatic hydroxyl groups is 1. The molecule has 0 unspecified atom stereocenters. The van der Waals surface area contributed by atoms with Crippen molar-refractivity contribution in [1.29, 1.82) is 0 Å². The van der Waals surface area contributed by atoms with Gasteiger partial charge in [0.05, 0.1) is 12.7 Å². The molecule has 0 bridgehead atoms. The molecule has 0 fully saturated rings. The molecule has 108 valence electrons. The highest BCUT2D eigenvalue weighted by Gasteiger charge is 2.19. The van der Waals surface area contributed by atoms with Crippen LogP contribution < -0.4 is 4.74 Å². The van der Waals surface area contributed by atoms with E-state index in [0.29, 0.717) is 12.5 Å². The minimum absolute atomic E-state index is 0.577. The molecule has 0 aliphatic carbocycles. The van der Waals surface area contributed by atoms with E-state index in [-0.39, 0.29) is 0 Å². The van der Waals surface area contributed by atoms with Gasteiger partial charge in [-0.25, -0.2) is 0 Å². The van der Waals surface area contributed by atoms with Gasteiger partial charge in [-0.05, 0) is 37.5 Å². The molecule has 3 nitrogen and oxygen atoms in total. The van der Waals surface area contributed by atoms with Gasteiger partial charge in [0.1, 0.15) is 5.75 Å². The molecule has 0 aliphatic heterocycles. The molecule has 1 N–H and O–H groups in total. The van der Waals surface area contributed by atoms with E-state index in [2.05, 4.69) is 30.9 Å². The molecule has 0 saturated heterocycles. The third-order valence-corrected chi connectivity index (χ3v) is 2.77. The van der Waals surface area contributed by atoms with Crippen LogP contribution in [-0.2, 0) is 6.54 Å². The van der Waals surface area contributed by atoms with Crippen molar-refractivity contribution in [1.82, 2.24) is 4.90 Å². The summed E-state index contributed by atoms with van der Waals surface area (Å²) in [5.41, 5.74) is 0.539. The summed E-state index contributed by atoms with van der Waals surface area (Å²) in [5.74, 6) is 1.46. The number of ether oxygens (including phenoxy) is 1. The molecule has 0 saturated carbocycles. The summed E-state index contributed by atoms with van der Waals surface area (Å²) in [6, 6.07) is 8.11. The second kappa shape index (κ2) is 6.92. The number of hydrogen-bond donors (Lipinski definition) is 1. The predicted octanol–water partition coefficient (Wildman–Crippen LogP) is 2.92. The Morgan fingerprint density at radius 3 is 2.53 bits per heavy atom. The van der Waals surface area contributed by atoms with Gasteiger partial charge in [-0.3, -0.25) is 4.90 Å².